The summed E-state index contributed by atoms with van der Waals surface area (Å²) in [5.41, 5.74) is 2.47. The van der Waals surface area contributed by atoms with Gasteiger partial charge in [0, 0.05) is 56.9 Å². The molecule has 0 bridgehead atoms. The highest BCUT2D eigenvalue weighted by Crippen LogP contribution is 2.40. The fourth-order valence-corrected chi connectivity index (χ4v) is 4.56. The molecule has 2 aliphatic heterocycles. The maximum atomic E-state index is 5.74. The van der Waals surface area contributed by atoms with Gasteiger partial charge in [-0.1, -0.05) is 17.7 Å². The van der Waals surface area contributed by atoms with E-state index >= 15 is 0 Å². The molecule has 2 heterocycles. The van der Waals surface area contributed by atoms with Crippen LogP contribution in [0, 0.1) is 12.8 Å². The molecule has 0 radical (unpaired) electrons. The Bertz CT molecular complexity index is 692. The first-order valence-corrected chi connectivity index (χ1v) is 10.9. The second kappa shape index (κ2) is 12.1. The summed E-state index contributed by atoms with van der Waals surface area (Å²) in [5, 5.41) is 3.51. The number of nitrogens with one attached hydrogen (secondary N) is 1. The molecule has 2 fully saturated rings. The van der Waals surface area contributed by atoms with Crippen LogP contribution in [0.1, 0.15) is 37.3 Å². The number of hydrogen-bond acceptors (Lipinski definition) is 4. The van der Waals surface area contributed by atoms with Gasteiger partial charge in [-0.15, -0.1) is 24.0 Å². The first kappa shape index (κ1) is 25.2. The summed E-state index contributed by atoms with van der Waals surface area (Å²) in [5.74, 6) is 2.56. The van der Waals surface area contributed by atoms with Crippen molar-refractivity contribution in [1.82, 2.24) is 10.2 Å². The maximum Gasteiger partial charge on any atom is 0.193 e. The van der Waals surface area contributed by atoms with Crippen LogP contribution < -0.4 is 10.1 Å². The number of aliphatic imine (C=N–C) groups is 1. The van der Waals surface area contributed by atoms with Gasteiger partial charge in [-0.2, -0.15) is 0 Å². The molecule has 1 atom stereocenters. The quantitative estimate of drug-likeness (QED) is 0.331. The molecule has 30 heavy (non-hydrogen) atoms. The monoisotopic (exact) mass is 531 g/mol. The molecule has 2 saturated heterocycles. The van der Waals surface area contributed by atoms with E-state index in [2.05, 4.69) is 42.3 Å². The Kier molecular flexibility index (Phi) is 10.2. The van der Waals surface area contributed by atoms with E-state index < -0.39 is 0 Å². The molecule has 0 saturated carbocycles. The normalized spacial score (nSPS) is 21.3. The van der Waals surface area contributed by atoms with Crippen LogP contribution >= 0.6 is 24.0 Å². The molecule has 1 unspecified atom stereocenters. The van der Waals surface area contributed by atoms with E-state index in [1.807, 2.05) is 0 Å². The fraction of sp³-hybridized carbons (Fsp3) is 0.696. The van der Waals surface area contributed by atoms with E-state index in [0.29, 0.717) is 5.92 Å². The van der Waals surface area contributed by atoms with Gasteiger partial charge in [0.15, 0.2) is 5.96 Å². The van der Waals surface area contributed by atoms with Crippen LogP contribution in [0.25, 0.3) is 0 Å². The van der Waals surface area contributed by atoms with Crippen LogP contribution in [0.4, 0.5) is 0 Å². The van der Waals surface area contributed by atoms with Gasteiger partial charge in [0.05, 0.1) is 20.3 Å². The van der Waals surface area contributed by atoms with Crippen molar-refractivity contribution in [3.05, 3.63) is 29.3 Å². The number of ether oxygens (including phenoxy) is 3. The zero-order chi connectivity index (χ0) is 20.7. The van der Waals surface area contributed by atoms with Crippen LogP contribution in [0.2, 0.25) is 0 Å². The number of guanidine groups is 1. The summed E-state index contributed by atoms with van der Waals surface area (Å²) >= 11 is 0. The number of halogens is 1. The standard InChI is InChI=1S/C23H37N3O3.HI/c1-5-24-22(26-11-8-19(15-26)16-27-3)25-17-23(9-12-29-13-10-23)20-14-18(2)6-7-21(20)28-4;/h6-7,14,19H,5,8-13,15-17H2,1-4H3,(H,24,25);1H. The van der Waals surface area contributed by atoms with Crippen LogP contribution in [0.3, 0.4) is 0 Å². The minimum atomic E-state index is -0.0536. The van der Waals surface area contributed by atoms with Crippen molar-refractivity contribution in [1.29, 1.82) is 0 Å². The molecular weight excluding hydrogens is 493 g/mol. The molecule has 0 aliphatic carbocycles. The predicted octanol–water partition coefficient (Wildman–Crippen LogP) is 3.60. The Hall–Kier alpha value is -1.06. The Morgan fingerprint density at radius 1 is 1.30 bits per heavy atom. The van der Waals surface area contributed by atoms with Crippen molar-refractivity contribution in [3.63, 3.8) is 0 Å². The van der Waals surface area contributed by atoms with Crippen LogP contribution in [0.5, 0.6) is 5.75 Å². The Morgan fingerprint density at radius 2 is 2.07 bits per heavy atom. The lowest BCUT2D eigenvalue weighted by Gasteiger charge is -2.38. The van der Waals surface area contributed by atoms with Crippen molar-refractivity contribution in [2.75, 3.05) is 60.2 Å². The second-order valence-electron chi connectivity index (χ2n) is 8.32. The molecule has 6 nitrogen and oxygen atoms in total. The van der Waals surface area contributed by atoms with Crippen molar-refractivity contribution < 1.29 is 14.2 Å². The van der Waals surface area contributed by atoms with E-state index in [-0.39, 0.29) is 29.4 Å². The Morgan fingerprint density at radius 3 is 2.73 bits per heavy atom. The third kappa shape index (κ3) is 6.01. The average molecular weight is 531 g/mol. The van der Waals surface area contributed by atoms with Gasteiger partial charge in [0.1, 0.15) is 5.75 Å². The van der Waals surface area contributed by atoms with Gasteiger partial charge < -0.3 is 24.4 Å². The molecule has 1 N–H and O–H groups in total. The first-order valence-electron chi connectivity index (χ1n) is 10.9. The van der Waals surface area contributed by atoms with Crippen LogP contribution in [-0.4, -0.2) is 71.1 Å². The third-order valence-electron chi connectivity index (χ3n) is 6.23. The molecule has 3 rings (SSSR count). The van der Waals surface area contributed by atoms with Gasteiger partial charge in [-0.3, -0.25) is 4.99 Å². The lowest BCUT2D eigenvalue weighted by Crippen LogP contribution is -2.43. The predicted molar refractivity (Wildman–Crippen MR) is 132 cm³/mol. The van der Waals surface area contributed by atoms with Crippen molar-refractivity contribution in [3.8, 4) is 5.75 Å². The topological polar surface area (TPSA) is 55.3 Å². The van der Waals surface area contributed by atoms with Gasteiger partial charge in [-0.25, -0.2) is 0 Å². The lowest BCUT2D eigenvalue weighted by molar-refractivity contribution is 0.0522. The third-order valence-corrected chi connectivity index (χ3v) is 6.23. The van der Waals surface area contributed by atoms with Gasteiger partial charge in [0.25, 0.3) is 0 Å². The SMILES string of the molecule is CCNC(=NCC1(c2cc(C)ccc2OC)CCOCC1)N1CCC(COC)C1.I. The second-order valence-corrected chi connectivity index (χ2v) is 8.32. The number of likely N-dealkylation sites (tertiary alicyclic amines) is 1. The van der Waals surface area contributed by atoms with Gasteiger partial charge in [0.2, 0.25) is 0 Å². The van der Waals surface area contributed by atoms with Crippen molar-refractivity contribution >= 4 is 29.9 Å². The molecule has 0 aromatic heterocycles. The Balaban J connectivity index is 0.00000320. The Labute approximate surface area is 198 Å². The molecular formula is C23H38IN3O3. The van der Waals surface area contributed by atoms with Crippen LogP contribution in [0.15, 0.2) is 23.2 Å². The van der Waals surface area contributed by atoms with E-state index in [0.717, 1.165) is 77.0 Å². The summed E-state index contributed by atoms with van der Waals surface area (Å²) in [4.78, 5) is 7.53. The first-order chi connectivity index (χ1) is 14.1. The molecule has 7 heteroatoms. The maximum absolute atomic E-state index is 5.74. The summed E-state index contributed by atoms with van der Waals surface area (Å²) in [6.07, 6.45) is 3.08. The molecule has 1 aromatic carbocycles. The number of benzene rings is 1. The van der Waals surface area contributed by atoms with Crippen LogP contribution in [-0.2, 0) is 14.9 Å². The minimum Gasteiger partial charge on any atom is -0.496 e. The highest BCUT2D eigenvalue weighted by atomic mass is 127. The lowest BCUT2D eigenvalue weighted by atomic mass is 9.73. The number of nitrogens with zero attached hydrogens (tertiary/aromatic N) is 2. The summed E-state index contributed by atoms with van der Waals surface area (Å²) in [6.45, 7) is 10.3. The smallest absolute Gasteiger partial charge is 0.193 e. The molecule has 2 aliphatic rings. The number of methoxy groups -OCH3 is 2. The minimum absolute atomic E-state index is 0. The fourth-order valence-electron chi connectivity index (χ4n) is 4.56. The molecule has 0 amide bonds. The zero-order valence-corrected chi connectivity index (χ0v) is 21.2. The van der Waals surface area contributed by atoms with Crippen molar-refractivity contribution in [2.45, 2.75) is 38.5 Å². The van der Waals surface area contributed by atoms with E-state index in [1.165, 1.54) is 11.1 Å². The van der Waals surface area contributed by atoms with Gasteiger partial charge >= 0.3 is 0 Å². The highest BCUT2D eigenvalue weighted by Gasteiger charge is 2.37. The van der Waals surface area contributed by atoms with Crippen molar-refractivity contribution in [2.24, 2.45) is 10.9 Å². The van der Waals surface area contributed by atoms with Gasteiger partial charge in [-0.05, 0) is 39.2 Å². The molecule has 0 spiro atoms. The van der Waals surface area contributed by atoms with E-state index in [9.17, 15) is 0 Å². The number of hydrogen-bond donors (Lipinski definition) is 1. The summed E-state index contributed by atoms with van der Waals surface area (Å²) in [6, 6.07) is 6.48. The largest absolute Gasteiger partial charge is 0.496 e. The van der Waals surface area contributed by atoms with E-state index in [1.54, 1.807) is 14.2 Å². The zero-order valence-electron chi connectivity index (χ0n) is 18.9. The molecule has 170 valence electrons. The highest BCUT2D eigenvalue weighted by molar-refractivity contribution is 14.0. The average Bonchev–Trinajstić information content (AvgIpc) is 3.20. The number of rotatable bonds is 7. The number of aryl methyl sites for hydroxylation is 1. The molecule has 1 aromatic rings. The van der Waals surface area contributed by atoms with E-state index in [4.69, 9.17) is 19.2 Å². The summed E-state index contributed by atoms with van der Waals surface area (Å²) < 4.78 is 16.8. The summed E-state index contributed by atoms with van der Waals surface area (Å²) in [7, 11) is 3.54.